The number of hydrogen-bond acceptors (Lipinski definition) is 2. The Labute approximate surface area is 132 Å². The molecule has 1 atom stereocenters. The lowest BCUT2D eigenvalue weighted by atomic mass is 9.76. The van der Waals surface area contributed by atoms with Gasteiger partial charge in [0.1, 0.15) is 0 Å². The zero-order chi connectivity index (χ0) is 15.2. The van der Waals surface area contributed by atoms with Gasteiger partial charge in [0.25, 0.3) is 0 Å². The van der Waals surface area contributed by atoms with Crippen LogP contribution in [0.25, 0.3) is 0 Å². The van der Waals surface area contributed by atoms with Crippen molar-refractivity contribution in [2.45, 2.75) is 103 Å². The van der Waals surface area contributed by atoms with Gasteiger partial charge in [0.05, 0.1) is 11.7 Å². The van der Waals surface area contributed by atoms with E-state index in [1.807, 2.05) is 0 Å². The molecule has 1 heterocycles. The molecule has 1 N–H and O–H groups in total. The van der Waals surface area contributed by atoms with Crippen LogP contribution in [0.3, 0.4) is 0 Å². The van der Waals surface area contributed by atoms with Crippen molar-refractivity contribution in [2.24, 2.45) is 5.41 Å². The average Bonchev–Trinajstić information content (AvgIpc) is 2.89. The van der Waals surface area contributed by atoms with E-state index in [1.54, 1.807) is 0 Å². The summed E-state index contributed by atoms with van der Waals surface area (Å²) in [7, 11) is 0. The summed E-state index contributed by atoms with van der Waals surface area (Å²) >= 11 is 0. The zero-order valence-corrected chi connectivity index (χ0v) is 14.7. The Morgan fingerprint density at radius 3 is 2.38 bits per heavy atom. The molecule has 1 saturated heterocycles. The lowest BCUT2D eigenvalue weighted by Crippen LogP contribution is -2.38. The van der Waals surface area contributed by atoms with Gasteiger partial charge < -0.3 is 10.1 Å². The largest absolute Gasteiger partial charge is 0.372 e. The molecule has 124 valence electrons. The third kappa shape index (κ3) is 4.45. The summed E-state index contributed by atoms with van der Waals surface area (Å²) in [6.45, 7) is 9.29. The van der Waals surface area contributed by atoms with Crippen LogP contribution in [0.15, 0.2) is 0 Å². The van der Waals surface area contributed by atoms with Gasteiger partial charge in [-0.05, 0) is 63.3 Å². The molecule has 1 aliphatic heterocycles. The van der Waals surface area contributed by atoms with Crippen molar-refractivity contribution >= 4 is 0 Å². The maximum Gasteiger partial charge on any atom is 0.0687 e. The Bertz CT molecular complexity index is 292. The lowest BCUT2D eigenvalue weighted by Gasteiger charge is -2.37. The first-order valence-electron chi connectivity index (χ1n) is 9.56. The molecule has 0 bridgehead atoms. The first-order valence-corrected chi connectivity index (χ1v) is 9.56. The zero-order valence-electron chi connectivity index (χ0n) is 14.7. The number of nitrogens with one attached hydrogen (secondary N) is 1. The van der Waals surface area contributed by atoms with E-state index >= 15 is 0 Å². The fraction of sp³-hybridized carbons (Fsp3) is 1.00. The Kier molecular flexibility index (Phi) is 6.55. The summed E-state index contributed by atoms with van der Waals surface area (Å²) < 4.78 is 6.63. The molecular weight excluding hydrogens is 258 g/mol. The van der Waals surface area contributed by atoms with Gasteiger partial charge in [0.2, 0.25) is 0 Å². The van der Waals surface area contributed by atoms with Crippen LogP contribution in [0.1, 0.15) is 91.4 Å². The molecule has 2 heteroatoms. The van der Waals surface area contributed by atoms with Crippen LogP contribution in [0.4, 0.5) is 0 Å². The quantitative estimate of drug-likeness (QED) is 0.632. The van der Waals surface area contributed by atoms with Crippen molar-refractivity contribution in [2.75, 3.05) is 13.1 Å². The molecule has 0 aromatic rings. The van der Waals surface area contributed by atoms with Crippen LogP contribution < -0.4 is 5.32 Å². The van der Waals surface area contributed by atoms with Crippen LogP contribution in [0.2, 0.25) is 0 Å². The van der Waals surface area contributed by atoms with Gasteiger partial charge >= 0.3 is 0 Å². The van der Waals surface area contributed by atoms with Crippen molar-refractivity contribution in [3.8, 4) is 0 Å². The highest BCUT2D eigenvalue weighted by Crippen LogP contribution is 2.45. The SMILES string of the molecule is CCCNCC(CC)(CC)CC1CCC2(CCCCC2)O1. The Morgan fingerprint density at radius 2 is 1.76 bits per heavy atom. The van der Waals surface area contributed by atoms with Crippen molar-refractivity contribution in [1.82, 2.24) is 5.32 Å². The molecule has 1 unspecified atom stereocenters. The average molecular weight is 296 g/mol. The van der Waals surface area contributed by atoms with Crippen molar-refractivity contribution < 1.29 is 4.74 Å². The highest BCUT2D eigenvalue weighted by Gasteiger charge is 2.43. The summed E-state index contributed by atoms with van der Waals surface area (Å²) in [5, 5.41) is 3.67. The molecule has 21 heavy (non-hydrogen) atoms. The summed E-state index contributed by atoms with van der Waals surface area (Å²) in [6.07, 6.45) is 15.0. The predicted molar refractivity (Wildman–Crippen MR) is 90.7 cm³/mol. The second-order valence-electron chi connectivity index (χ2n) is 7.61. The van der Waals surface area contributed by atoms with Crippen molar-refractivity contribution in [3.05, 3.63) is 0 Å². The number of ether oxygens (including phenoxy) is 1. The molecule has 0 radical (unpaired) electrons. The van der Waals surface area contributed by atoms with Gasteiger partial charge in [-0.2, -0.15) is 0 Å². The van der Waals surface area contributed by atoms with Gasteiger partial charge in [0.15, 0.2) is 0 Å². The van der Waals surface area contributed by atoms with E-state index in [2.05, 4.69) is 26.1 Å². The van der Waals surface area contributed by atoms with E-state index in [-0.39, 0.29) is 5.60 Å². The van der Waals surface area contributed by atoms with Crippen molar-refractivity contribution in [1.29, 1.82) is 0 Å². The first-order chi connectivity index (χ1) is 10.2. The minimum Gasteiger partial charge on any atom is -0.372 e. The van der Waals surface area contributed by atoms with Crippen LogP contribution in [0, 0.1) is 5.41 Å². The molecule has 2 aliphatic rings. The molecule has 0 amide bonds. The normalized spacial score (nSPS) is 25.6. The third-order valence-corrected chi connectivity index (χ3v) is 6.19. The minimum absolute atomic E-state index is 0.285. The summed E-state index contributed by atoms with van der Waals surface area (Å²) in [6, 6.07) is 0. The topological polar surface area (TPSA) is 21.3 Å². The van der Waals surface area contributed by atoms with Gasteiger partial charge in [-0.25, -0.2) is 0 Å². The standard InChI is InChI=1S/C19H37NO/c1-4-14-20-16-18(5-2,6-3)15-17-10-13-19(21-17)11-8-7-9-12-19/h17,20H,4-16H2,1-3H3. The second-order valence-corrected chi connectivity index (χ2v) is 7.61. The molecule has 1 spiro atoms. The molecule has 1 aliphatic carbocycles. The molecule has 2 nitrogen and oxygen atoms in total. The maximum atomic E-state index is 6.63. The number of rotatable bonds is 8. The van der Waals surface area contributed by atoms with E-state index in [0.29, 0.717) is 11.5 Å². The third-order valence-electron chi connectivity index (χ3n) is 6.19. The Balaban J connectivity index is 1.88. The molecule has 0 aromatic heterocycles. The van der Waals surface area contributed by atoms with E-state index in [0.717, 1.165) is 6.54 Å². The molecule has 2 fully saturated rings. The second kappa shape index (κ2) is 7.97. The Hall–Kier alpha value is -0.0800. The van der Waals surface area contributed by atoms with Gasteiger partial charge in [0, 0.05) is 6.54 Å². The highest BCUT2D eigenvalue weighted by molar-refractivity contribution is 4.94. The monoisotopic (exact) mass is 295 g/mol. The van der Waals surface area contributed by atoms with E-state index < -0.39 is 0 Å². The first kappa shape index (κ1) is 17.3. The van der Waals surface area contributed by atoms with Crippen LogP contribution in [-0.4, -0.2) is 24.8 Å². The van der Waals surface area contributed by atoms with E-state index in [1.165, 1.54) is 77.2 Å². The van der Waals surface area contributed by atoms with Crippen LogP contribution in [0.5, 0.6) is 0 Å². The summed E-state index contributed by atoms with van der Waals surface area (Å²) in [5.74, 6) is 0. The van der Waals surface area contributed by atoms with E-state index in [9.17, 15) is 0 Å². The van der Waals surface area contributed by atoms with Gasteiger partial charge in [-0.15, -0.1) is 0 Å². The highest BCUT2D eigenvalue weighted by atomic mass is 16.5. The lowest BCUT2D eigenvalue weighted by molar-refractivity contribution is -0.0777. The summed E-state index contributed by atoms with van der Waals surface area (Å²) in [5.41, 5.74) is 0.729. The van der Waals surface area contributed by atoms with Gasteiger partial charge in [-0.3, -0.25) is 0 Å². The van der Waals surface area contributed by atoms with Gasteiger partial charge in [-0.1, -0.05) is 40.0 Å². The minimum atomic E-state index is 0.285. The summed E-state index contributed by atoms with van der Waals surface area (Å²) in [4.78, 5) is 0. The molecule has 2 rings (SSSR count). The van der Waals surface area contributed by atoms with Crippen LogP contribution >= 0.6 is 0 Å². The molecule has 1 saturated carbocycles. The van der Waals surface area contributed by atoms with E-state index in [4.69, 9.17) is 4.74 Å². The maximum absolute atomic E-state index is 6.63. The smallest absolute Gasteiger partial charge is 0.0687 e. The molecular formula is C19H37NO. The van der Waals surface area contributed by atoms with Crippen LogP contribution in [-0.2, 0) is 4.74 Å². The fourth-order valence-corrected chi connectivity index (χ4v) is 4.48. The predicted octanol–water partition coefficient (Wildman–Crippen LogP) is 5.06. The fourth-order valence-electron chi connectivity index (χ4n) is 4.48. The Morgan fingerprint density at radius 1 is 1.05 bits per heavy atom. The number of hydrogen-bond donors (Lipinski definition) is 1. The van der Waals surface area contributed by atoms with Crippen molar-refractivity contribution in [3.63, 3.8) is 0 Å². The molecule has 0 aromatic carbocycles.